The van der Waals surface area contributed by atoms with E-state index >= 15 is 0 Å². The molecule has 3 rings (SSSR count). The van der Waals surface area contributed by atoms with E-state index in [0.29, 0.717) is 18.9 Å². The minimum atomic E-state index is -0.773. The van der Waals surface area contributed by atoms with Crippen LogP contribution in [0.15, 0.2) is 30.3 Å². The van der Waals surface area contributed by atoms with E-state index in [1.807, 2.05) is 42.2 Å². The Labute approximate surface area is 149 Å². The van der Waals surface area contributed by atoms with Crippen molar-refractivity contribution in [1.29, 1.82) is 0 Å². The largest absolute Gasteiger partial charge is 0.445 e. The number of rotatable bonds is 3. The van der Waals surface area contributed by atoms with Gasteiger partial charge in [-0.2, -0.15) is 0 Å². The molecule has 0 aromatic heterocycles. The molecule has 25 heavy (non-hydrogen) atoms. The fraction of sp³-hybridized carbons (Fsp3) is 0.600. The molecule has 2 saturated heterocycles. The Bertz CT molecular complexity index is 619. The maximum Gasteiger partial charge on any atom is 0.410 e. The highest BCUT2D eigenvalue weighted by molar-refractivity contribution is 5.90. The highest BCUT2D eigenvalue weighted by atomic mass is 16.6. The van der Waals surface area contributed by atoms with Gasteiger partial charge in [0, 0.05) is 19.6 Å². The third-order valence-corrected chi connectivity index (χ3v) is 5.47. The molecule has 5 heteroatoms. The van der Waals surface area contributed by atoms with Crippen molar-refractivity contribution in [3.8, 4) is 0 Å². The van der Waals surface area contributed by atoms with Crippen LogP contribution < -0.4 is 0 Å². The Morgan fingerprint density at radius 1 is 1.20 bits per heavy atom. The molecular formula is C20H28N2O3. The number of hydrogen-bond acceptors (Lipinski definition) is 3. The minimum absolute atomic E-state index is 0.0770. The van der Waals surface area contributed by atoms with Gasteiger partial charge in [-0.05, 0) is 44.1 Å². The number of nitrogens with zero attached hydrogens (tertiary/aromatic N) is 2. The smallest absolute Gasteiger partial charge is 0.410 e. The molecule has 5 nitrogen and oxygen atoms in total. The van der Waals surface area contributed by atoms with Gasteiger partial charge in [0.15, 0.2) is 0 Å². The second-order valence-electron chi connectivity index (χ2n) is 7.57. The highest BCUT2D eigenvalue weighted by Crippen LogP contribution is 2.33. The van der Waals surface area contributed by atoms with Crippen molar-refractivity contribution in [1.82, 2.24) is 9.80 Å². The summed E-state index contributed by atoms with van der Waals surface area (Å²) >= 11 is 0. The van der Waals surface area contributed by atoms with Crippen LogP contribution in [0.25, 0.3) is 0 Å². The first-order chi connectivity index (χ1) is 12.0. The zero-order valence-corrected chi connectivity index (χ0v) is 15.2. The summed E-state index contributed by atoms with van der Waals surface area (Å²) in [4.78, 5) is 29.3. The number of ether oxygens (including phenoxy) is 1. The van der Waals surface area contributed by atoms with Crippen LogP contribution in [0.1, 0.15) is 45.1 Å². The van der Waals surface area contributed by atoms with E-state index in [-0.39, 0.29) is 18.6 Å². The quantitative estimate of drug-likeness (QED) is 0.844. The molecule has 1 aromatic rings. The third kappa shape index (κ3) is 3.80. The van der Waals surface area contributed by atoms with Gasteiger partial charge in [0.05, 0.1) is 0 Å². The van der Waals surface area contributed by atoms with Gasteiger partial charge in [-0.15, -0.1) is 0 Å². The van der Waals surface area contributed by atoms with Crippen LogP contribution in [0, 0.1) is 5.92 Å². The molecule has 0 radical (unpaired) electrons. The van der Waals surface area contributed by atoms with Crippen LogP contribution in [-0.2, 0) is 16.1 Å². The van der Waals surface area contributed by atoms with E-state index in [9.17, 15) is 9.59 Å². The molecule has 2 fully saturated rings. The van der Waals surface area contributed by atoms with Crippen molar-refractivity contribution in [3.05, 3.63) is 35.9 Å². The lowest BCUT2D eigenvalue weighted by Gasteiger charge is -2.40. The Balaban J connectivity index is 1.65. The summed E-state index contributed by atoms with van der Waals surface area (Å²) in [5.74, 6) is 0.606. The molecular weight excluding hydrogens is 316 g/mol. The van der Waals surface area contributed by atoms with Crippen molar-refractivity contribution in [2.75, 3.05) is 19.6 Å². The van der Waals surface area contributed by atoms with Crippen LogP contribution in [0.5, 0.6) is 0 Å². The van der Waals surface area contributed by atoms with Crippen molar-refractivity contribution < 1.29 is 14.3 Å². The van der Waals surface area contributed by atoms with E-state index in [1.54, 1.807) is 4.90 Å². The van der Waals surface area contributed by atoms with Crippen LogP contribution in [0.2, 0.25) is 0 Å². The van der Waals surface area contributed by atoms with Crippen LogP contribution >= 0.6 is 0 Å². The summed E-state index contributed by atoms with van der Waals surface area (Å²) < 4.78 is 5.48. The fourth-order valence-electron chi connectivity index (χ4n) is 3.99. The van der Waals surface area contributed by atoms with Gasteiger partial charge in [-0.25, -0.2) is 4.79 Å². The van der Waals surface area contributed by atoms with E-state index in [4.69, 9.17) is 4.74 Å². The van der Waals surface area contributed by atoms with E-state index in [2.05, 4.69) is 6.92 Å². The lowest BCUT2D eigenvalue weighted by atomic mass is 9.93. The molecule has 2 atom stereocenters. The molecule has 2 unspecified atom stereocenters. The predicted molar refractivity (Wildman–Crippen MR) is 96.0 cm³/mol. The summed E-state index contributed by atoms with van der Waals surface area (Å²) in [7, 11) is 0. The highest BCUT2D eigenvalue weighted by Gasteiger charge is 2.48. The van der Waals surface area contributed by atoms with Gasteiger partial charge in [0.25, 0.3) is 0 Å². The minimum Gasteiger partial charge on any atom is -0.445 e. The number of carbonyl (C=O) groups excluding carboxylic acids is 2. The molecule has 0 spiro atoms. The van der Waals surface area contributed by atoms with E-state index in [0.717, 1.165) is 31.5 Å². The second kappa shape index (κ2) is 7.46. The summed E-state index contributed by atoms with van der Waals surface area (Å²) in [6, 6.07) is 9.63. The molecule has 136 valence electrons. The van der Waals surface area contributed by atoms with E-state index in [1.165, 1.54) is 6.42 Å². The zero-order chi connectivity index (χ0) is 17.9. The van der Waals surface area contributed by atoms with Crippen molar-refractivity contribution in [2.24, 2.45) is 5.92 Å². The predicted octanol–water partition coefficient (Wildman–Crippen LogP) is 3.44. The Kier molecular flexibility index (Phi) is 5.30. The molecule has 2 aliphatic heterocycles. The van der Waals surface area contributed by atoms with Crippen LogP contribution in [0.3, 0.4) is 0 Å². The topological polar surface area (TPSA) is 49.9 Å². The van der Waals surface area contributed by atoms with Crippen molar-refractivity contribution in [3.63, 3.8) is 0 Å². The van der Waals surface area contributed by atoms with E-state index < -0.39 is 5.54 Å². The van der Waals surface area contributed by atoms with Gasteiger partial charge >= 0.3 is 6.09 Å². The molecule has 0 bridgehead atoms. The van der Waals surface area contributed by atoms with Gasteiger partial charge in [0.2, 0.25) is 5.91 Å². The van der Waals surface area contributed by atoms with Crippen LogP contribution in [-0.4, -0.2) is 47.0 Å². The number of carbonyl (C=O) groups is 2. The summed E-state index contributed by atoms with van der Waals surface area (Å²) in [6.07, 6.45) is 3.37. The average molecular weight is 344 g/mol. The summed E-state index contributed by atoms with van der Waals surface area (Å²) in [6.45, 7) is 6.49. The van der Waals surface area contributed by atoms with Crippen LogP contribution in [0.4, 0.5) is 4.79 Å². The molecule has 2 aliphatic rings. The van der Waals surface area contributed by atoms with Gasteiger partial charge in [-0.3, -0.25) is 9.69 Å². The average Bonchev–Trinajstić information content (AvgIpc) is 3.03. The van der Waals surface area contributed by atoms with Crippen molar-refractivity contribution >= 4 is 12.0 Å². The molecule has 2 heterocycles. The standard InChI is InChI=1S/C20H28N2O3/c1-16-8-6-12-21(14-16)18(23)20(2)11-7-13-22(20)19(24)25-15-17-9-4-3-5-10-17/h3-5,9-10,16H,6-8,11-15H2,1-2H3. The lowest BCUT2D eigenvalue weighted by molar-refractivity contribution is -0.143. The van der Waals surface area contributed by atoms with Gasteiger partial charge < -0.3 is 9.64 Å². The third-order valence-electron chi connectivity index (χ3n) is 5.47. The monoisotopic (exact) mass is 344 g/mol. The second-order valence-corrected chi connectivity index (χ2v) is 7.57. The Morgan fingerprint density at radius 3 is 2.68 bits per heavy atom. The SMILES string of the molecule is CC1CCCN(C(=O)C2(C)CCCN2C(=O)OCc2ccccc2)C1. The maximum atomic E-state index is 13.1. The number of hydrogen-bond donors (Lipinski definition) is 0. The Morgan fingerprint density at radius 2 is 1.96 bits per heavy atom. The molecule has 0 N–H and O–H groups in total. The first kappa shape index (κ1) is 17.8. The summed E-state index contributed by atoms with van der Waals surface area (Å²) in [5.41, 5.74) is 0.179. The summed E-state index contributed by atoms with van der Waals surface area (Å²) in [5, 5.41) is 0. The first-order valence-corrected chi connectivity index (χ1v) is 9.28. The Hall–Kier alpha value is -2.04. The number of amides is 2. The first-order valence-electron chi connectivity index (χ1n) is 9.28. The number of likely N-dealkylation sites (tertiary alicyclic amines) is 2. The van der Waals surface area contributed by atoms with Crippen molar-refractivity contribution in [2.45, 2.75) is 51.7 Å². The maximum absolute atomic E-state index is 13.1. The number of piperidine rings is 1. The normalized spacial score (nSPS) is 26.6. The lowest BCUT2D eigenvalue weighted by Crippen LogP contribution is -2.58. The molecule has 0 aliphatic carbocycles. The zero-order valence-electron chi connectivity index (χ0n) is 15.2. The molecule has 2 amide bonds. The van der Waals surface area contributed by atoms with Gasteiger partial charge in [0.1, 0.15) is 12.1 Å². The molecule has 1 aromatic carbocycles. The molecule has 0 saturated carbocycles. The van der Waals surface area contributed by atoms with Gasteiger partial charge in [-0.1, -0.05) is 37.3 Å². The number of benzene rings is 1. The fourth-order valence-corrected chi connectivity index (χ4v) is 3.99.